The molecule has 0 saturated carbocycles. The van der Waals surface area contributed by atoms with Crippen molar-refractivity contribution in [3.05, 3.63) is 46.5 Å². The Morgan fingerprint density at radius 2 is 2.00 bits per heavy atom. The van der Waals surface area contributed by atoms with Crippen LogP contribution in [0.2, 0.25) is 0 Å². The maximum atomic E-state index is 13.1. The normalized spacial score (nSPS) is 11.4. The molecule has 2 aromatic heterocycles. The zero-order valence-electron chi connectivity index (χ0n) is 10.9. The molecule has 0 aliphatic rings. The van der Waals surface area contributed by atoms with E-state index in [0.29, 0.717) is 10.5 Å². The van der Waals surface area contributed by atoms with Gasteiger partial charge in [-0.15, -0.1) is 11.3 Å². The number of nitrogens with zero attached hydrogens (tertiary/aromatic N) is 2. The van der Waals surface area contributed by atoms with Gasteiger partial charge in [0.2, 0.25) is 0 Å². The van der Waals surface area contributed by atoms with Gasteiger partial charge in [0.25, 0.3) is 6.43 Å². The number of aromatic nitrogens is 2. The van der Waals surface area contributed by atoms with Crippen LogP contribution in [0.25, 0.3) is 15.9 Å². The van der Waals surface area contributed by atoms with Gasteiger partial charge in [0, 0.05) is 5.39 Å². The number of benzene rings is 1. The molecule has 0 aliphatic heterocycles. The van der Waals surface area contributed by atoms with Crippen molar-refractivity contribution in [2.45, 2.75) is 13.3 Å². The van der Waals surface area contributed by atoms with Crippen LogP contribution in [0.3, 0.4) is 0 Å². The van der Waals surface area contributed by atoms with Crippen LogP contribution in [0, 0.1) is 6.92 Å². The monoisotopic (exact) mass is 308 g/mol. The summed E-state index contributed by atoms with van der Waals surface area (Å²) in [7, 11) is 0. The summed E-state index contributed by atoms with van der Waals surface area (Å²) in [4.78, 5) is 11.5. The van der Waals surface area contributed by atoms with Crippen LogP contribution in [0.1, 0.15) is 27.4 Å². The second-order valence-corrected chi connectivity index (χ2v) is 5.60. The van der Waals surface area contributed by atoms with E-state index < -0.39 is 18.1 Å². The predicted octanol–water partition coefficient (Wildman–Crippen LogP) is 4.03. The third kappa shape index (κ3) is 2.29. The smallest absolute Gasteiger partial charge is 0.345 e. The third-order valence-electron chi connectivity index (χ3n) is 3.08. The Labute approximate surface area is 122 Å². The lowest BCUT2D eigenvalue weighted by molar-refractivity contribution is 0.0702. The number of alkyl halides is 2. The molecule has 1 N–H and O–H groups in total. The number of hydrogen-bond acceptors (Lipinski definition) is 3. The second-order valence-electron chi connectivity index (χ2n) is 4.57. The van der Waals surface area contributed by atoms with Crippen LogP contribution in [0.4, 0.5) is 8.78 Å². The fourth-order valence-electron chi connectivity index (χ4n) is 2.06. The van der Waals surface area contributed by atoms with Crippen molar-refractivity contribution >= 4 is 27.5 Å². The van der Waals surface area contributed by atoms with Crippen LogP contribution >= 0.6 is 11.3 Å². The van der Waals surface area contributed by atoms with E-state index >= 15 is 0 Å². The van der Waals surface area contributed by atoms with Gasteiger partial charge in [0.15, 0.2) is 0 Å². The molecular weight excluding hydrogens is 298 g/mol. The molecule has 0 bridgehead atoms. The van der Waals surface area contributed by atoms with E-state index in [0.717, 1.165) is 16.9 Å². The SMILES string of the molecule is Cc1ccc(-n2nc(C(F)F)c3cc(C(=O)O)sc32)cc1. The van der Waals surface area contributed by atoms with Gasteiger partial charge in [0.1, 0.15) is 15.4 Å². The highest BCUT2D eigenvalue weighted by Gasteiger charge is 2.23. The molecular formula is C14H10F2N2O2S. The molecule has 2 heterocycles. The molecule has 21 heavy (non-hydrogen) atoms. The fourth-order valence-corrected chi connectivity index (χ4v) is 3.04. The zero-order valence-corrected chi connectivity index (χ0v) is 11.7. The van der Waals surface area contributed by atoms with E-state index in [1.54, 1.807) is 12.1 Å². The van der Waals surface area contributed by atoms with Gasteiger partial charge < -0.3 is 5.11 Å². The number of rotatable bonds is 3. The van der Waals surface area contributed by atoms with Crippen molar-refractivity contribution in [3.63, 3.8) is 0 Å². The number of aromatic carboxylic acids is 1. The number of hydrogen-bond donors (Lipinski definition) is 1. The van der Waals surface area contributed by atoms with E-state index in [1.807, 2.05) is 19.1 Å². The van der Waals surface area contributed by atoms with Crippen molar-refractivity contribution < 1.29 is 18.7 Å². The summed E-state index contributed by atoms with van der Waals surface area (Å²) in [5.41, 5.74) is 1.26. The standard InChI is InChI=1S/C14H10F2N2O2S/c1-7-2-4-8(5-3-7)18-13-9(11(17-18)12(15)16)6-10(21-13)14(19)20/h2-6,12H,1H3,(H,19,20). The van der Waals surface area contributed by atoms with E-state index in [4.69, 9.17) is 5.11 Å². The first kappa shape index (κ1) is 13.7. The van der Waals surface area contributed by atoms with Crippen LogP contribution in [-0.4, -0.2) is 20.9 Å². The highest BCUT2D eigenvalue weighted by Crippen LogP contribution is 2.34. The largest absolute Gasteiger partial charge is 0.477 e. The Bertz CT molecular complexity index is 821. The fraction of sp³-hybridized carbons (Fsp3) is 0.143. The Kier molecular flexibility index (Phi) is 3.21. The quantitative estimate of drug-likeness (QED) is 0.794. The van der Waals surface area contributed by atoms with Gasteiger partial charge >= 0.3 is 5.97 Å². The van der Waals surface area contributed by atoms with Crippen LogP contribution in [-0.2, 0) is 0 Å². The molecule has 0 saturated heterocycles. The highest BCUT2D eigenvalue weighted by molar-refractivity contribution is 7.20. The molecule has 0 radical (unpaired) electrons. The second kappa shape index (κ2) is 4.92. The topological polar surface area (TPSA) is 55.1 Å². The molecule has 1 aromatic carbocycles. The summed E-state index contributed by atoms with van der Waals surface area (Å²) < 4.78 is 27.5. The van der Waals surface area contributed by atoms with Crippen molar-refractivity contribution in [1.29, 1.82) is 0 Å². The van der Waals surface area contributed by atoms with Gasteiger partial charge in [-0.2, -0.15) is 5.10 Å². The molecule has 0 fully saturated rings. The molecule has 3 rings (SSSR count). The molecule has 0 spiro atoms. The third-order valence-corrected chi connectivity index (χ3v) is 4.18. The highest BCUT2D eigenvalue weighted by atomic mass is 32.1. The first-order valence-electron chi connectivity index (χ1n) is 6.08. The van der Waals surface area contributed by atoms with Gasteiger partial charge in [0.05, 0.1) is 5.69 Å². The lowest BCUT2D eigenvalue weighted by Crippen LogP contribution is -1.98. The van der Waals surface area contributed by atoms with Crippen LogP contribution in [0.15, 0.2) is 30.3 Å². The van der Waals surface area contributed by atoms with Crippen molar-refractivity contribution in [2.75, 3.05) is 0 Å². The van der Waals surface area contributed by atoms with Gasteiger partial charge in [-0.3, -0.25) is 0 Å². The maximum absolute atomic E-state index is 13.1. The number of thiophene rings is 1. The van der Waals surface area contributed by atoms with Crippen LogP contribution < -0.4 is 0 Å². The summed E-state index contributed by atoms with van der Waals surface area (Å²) in [6.45, 7) is 1.92. The Morgan fingerprint density at radius 1 is 1.33 bits per heavy atom. The molecule has 0 unspecified atom stereocenters. The minimum absolute atomic E-state index is 0.0187. The van der Waals surface area contributed by atoms with E-state index in [9.17, 15) is 13.6 Å². The Hall–Kier alpha value is -2.28. The zero-order chi connectivity index (χ0) is 15.1. The summed E-state index contributed by atoms with van der Waals surface area (Å²) >= 11 is 0.937. The molecule has 108 valence electrons. The van der Waals surface area contributed by atoms with Crippen molar-refractivity contribution in [1.82, 2.24) is 9.78 Å². The van der Waals surface area contributed by atoms with E-state index in [2.05, 4.69) is 5.10 Å². The lowest BCUT2D eigenvalue weighted by atomic mass is 10.2. The maximum Gasteiger partial charge on any atom is 0.345 e. The number of carbonyl (C=O) groups is 1. The lowest BCUT2D eigenvalue weighted by Gasteiger charge is -2.02. The number of fused-ring (bicyclic) bond motifs is 1. The Balaban J connectivity index is 2.26. The van der Waals surface area contributed by atoms with Crippen LogP contribution in [0.5, 0.6) is 0 Å². The summed E-state index contributed by atoms with van der Waals surface area (Å²) in [6, 6.07) is 8.46. The summed E-state index contributed by atoms with van der Waals surface area (Å²) in [5, 5.41) is 13.1. The predicted molar refractivity (Wildman–Crippen MR) is 75.6 cm³/mol. The van der Waals surface area contributed by atoms with Gasteiger partial charge in [-0.25, -0.2) is 18.3 Å². The summed E-state index contributed by atoms with van der Waals surface area (Å²) in [5.74, 6) is -1.13. The average Bonchev–Trinajstić information content (AvgIpc) is 2.98. The van der Waals surface area contributed by atoms with Gasteiger partial charge in [-0.05, 0) is 25.1 Å². The number of carboxylic acids is 1. The molecule has 7 heteroatoms. The molecule has 0 amide bonds. The Morgan fingerprint density at radius 3 is 2.57 bits per heavy atom. The molecule has 0 atom stereocenters. The van der Waals surface area contributed by atoms with Gasteiger partial charge in [-0.1, -0.05) is 17.7 Å². The van der Waals surface area contributed by atoms with E-state index in [1.165, 1.54) is 10.7 Å². The minimum atomic E-state index is -2.75. The van der Waals surface area contributed by atoms with Crippen molar-refractivity contribution in [3.8, 4) is 5.69 Å². The number of carboxylic acid groups (broad SMARTS) is 1. The van der Waals surface area contributed by atoms with Crippen molar-refractivity contribution in [2.24, 2.45) is 0 Å². The first-order chi connectivity index (χ1) is 9.97. The molecule has 4 nitrogen and oxygen atoms in total. The molecule has 0 aliphatic carbocycles. The first-order valence-corrected chi connectivity index (χ1v) is 6.90. The van der Waals surface area contributed by atoms with E-state index in [-0.39, 0.29) is 10.3 Å². The molecule has 3 aromatic rings. The number of halogens is 2. The summed E-state index contributed by atoms with van der Waals surface area (Å²) in [6.07, 6.45) is -2.75. The average molecular weight is 308 g/mol. The minimum Gasteiger partial charge on any atom is -0.477 e. The number of aryl methyl sites for hydroxylation is 1.